The number of rotatable bonds is 5. The third-order valence-electron chi connectivity index (χ3n) is 3.31. The van der Waals surface area contributed by atoms with E-state index in [9.17, 15) is 9.59 Å². The van der Waals surface area contributed by atoms with Crippen molar-refractivity contribution in [3.63, 3.8) is 0 Å². The normalized spacial score (nSPS) is 15.9. The van der Waals surface area contributed by atoms with Crippen LogP contribution < -0.4 is 0 Å². The van der Waals surface area contributed by atoms with Crippen LogP contribution in [0.25, 0.3) is 0 Å². The number of aromatic nitrogens is 2. The highest BCUT2D eigenvalue weighted by Gasteiger charge is 2.25. The molecule has 0 atom stereocenters. The fourth-order valence-electron chi connectivity index (χ4n) is 2.23. The average molecular weight is 264 g/mol. The second-order valence-corrected chi connectivity index (χ2v) is 4.75. The van der Waals surface area contributed by atoms with Crippen molar-refractivity contribution in [3.8, 4) is 0 Å². The van der Waals surface area contributed by atoms with Crippen LogP contribution in [0, 0.1) is 0 Å². The molecule has 1 aliphatic heterocycles. The third-order valence-corrected chi connectivity index (χ3v) is 3.31. The number of aryl methyl sites for hydroxylation is 1. The van der Waals surface area contributed by atoms with Crippen molar-refractivity contribution in [2.45, 2.75) is 26.3 Å². The largest absolute Gasteiger partial charge is 0.339 e. The summed E-state index contributed by atoms with van der Waals surface area (Å²) in [5, 5.41) is 0. The van der Waals surface area contributed by atoms with E-state index in [1.54, 1.807) is 17.4 Å². The molecule has 6 nitrogen and oxygen atoms in total. The van der Waals surface area contributed by atoms with Gasteiger partial charge in [-0.3, -0.25) is 9.59 Å². The Labute approximate surface area is 113 Å². The smallest absolute Gasteiger partial charge is 0.242 e. The van der Waals surface area contributed by atoms with Gasteiger partial charge in [-0.15, -0.1) is 0 Å². The van der Waals surface area contributed by atoms with Gasteiger partial charge >= 0.3 is 0 Å². The van der Waals surface area contributed by atoms with Crippen molar-refractivity contribution >= 4 is 11.8 Å². The Kier molecular flexibility index (Phi) is 4.54. The molecule has 1 aromatic rings. The van der Waals surface area contributed by atoms with Gasteiger partial charge in [-0.05, 0) is 6.42 Å². The Morgan fingerprint density at radius 1 is 1.37 bits per heavy atom. The molecule has 104 valence electrons. The van der Waals surface area contributed by atoms with E-state index in [-0.39, 0.29) is 18.4 Å². The summed E-state index contributed by atoms with van der Waals surface area (Å²) in [6, 6.07) is 0. The summed E-state index contributed by atoms with van der Waals surface area (Å²) in [6.07, 6.45) is 6.59. The highest BCUT2D eigenvalue weighted by molar-refractivity contribution is 5.86. The van der Waals surface area contributed by atoms with Crippen LogP contribution in [-0.2, 0) is 16.1 Å². The number of amides is 2. The molecule has 1 fully saturated rings. The topological polar surface area (TPSA) is 58.4 Å². The van der Waals surface area contributed by atoms with Gasteiger partial charge in [0.1, 0.15) is 0 Å². The van der Waals surface area contributed by atoms with Crippen LogP contribution in [0.3, 0.4) is 0 Å². The number of hydrogen-bond acceptors (Lipinski definition) is 3. The summed E-state index contributed by atoms with van der Waals surface area (Å²) in [5.41, 5.74) is 0. The molecule has 0 unspecified atom stereocenters. The van der Waals surface area contributed by atoms with Crippen molar-refractivity contribution in [2.75, 3.05) is 26.2 Å². The molecular formula is C13H20N4O2. The molecule has 1 aromatic heterocycles. The quantitative estimate of drug-likeness (QED) is 0.771. The Bertz CT molecular complexity index is 430. The van der Waals surface area contributed by atoms with Gasteiger partial charge < -0.3 is 14.4 Å². The van der Waals surface area contributed by atoms with E-state index >= 15 is 0 Å². The molecular weight excluding hydrogens is 244 g/mol. The molecule has 0 bridgehead atoms. The summed E-state index contributed by atoms with van der Waals surface area (Å²) in [4.78, 5) is 31.3. The van der Waals surface area contributed by atoms with Crippen LogP contribution in [0.4, 0.5) is 0 Å². The summed E-state index contributed by atoms with van der Waals surface area (Å²) in [6.45, 7) is 4.98. The summed E-state index contributed by atoms with van der Waals surface area (Å²) in [5.74, 6) is 0.0993. The second-order valence-electron chi connectivity index (χ2n) is 4.75. The molecule has 0 aliphatic carbocycles. The first-order chi connectivity index (χ1) is 9.20. The molecule has 6 heteroatoms. The first-order valence-electron chi connectivity index (χ1n) is 6.72. The van der Waals surface area contributed by atoms with E-state index in [1.165, 1.54) is 0 Å². The van der Waals surface area contributed by atoms with Crippen LogP contribution in [0.15, 0.2) is 18.7 Å². The van der Waals surface area contributed by atoms with E-state index in [4.69, 9.17) is 0 Å². The van der Waals surface area contributed by atoms with E-state index in [0.29, 0.717) is 26.1 Å². The molecule has 1 saturated heterocycles. The number of piperazine rings is 1. The Morgan fingerprint density at radius 3 is 2.84 bits per heavy atom. The lowest BCUT2D eigenvalue weighted by Crippen LogP contribution is -2.52. The van der Waals surface area contributed by atoms with Gasteiger partial charge in [-0.2, -0.15) is 0 Å². The zero-order valence-corrected chi connectivity index (χ0v) is 11.3. The van der Waals surface area contributed by atoms with Gasteiger partial charge in [0.2, 0.25) is 11.8 Å². The Balaban J connectivity index is 1.79. The first-order valence-corrected chi connectivity index (χ1v) is 6.72. The summed E-state index contributed by atoms with van der Waals surface area (Å²) in [7, 11) is 0. The highest BCUT2D eigenvalue weighted by atomic mass is 16.2. The van der Waals surface area contributed by atoms with E-state index in [0.717, 1.165) is 13.0 Å². The molecule has 2 amide bonds. The van der Waals surface area contributed by atoms with Crippen LogP contribution in [0.5, 0.6) is 0 Å². The van der Waals surface area contributed by atoms with Gasteiger partial charge in [0.15, 0.2) is 0 Å². The highest BCUT2D eigenvalue weighted by Crippen LogP contribution is 2.06. The van der Waals surface area contributed by atoms with Crippen molar-refractivity contribution in [1.29, 1.82) is 0 Å². The Hall–Kier alpha value is -1.85. The van der Waals surface area contributed by atoms with Crippen molar-refractivity contribution in [1.82, 2.24) is 19.4 Å². The standard InChI is InChI=1S/C13H20N4O2/c1-2-5-16-8-9-17(10-13(16)19)12(18)3-6-15-7-4-14-11-15/h4,7,11H,2-3,5-6,8-10H2,1H3. The molecule has 0 saturated carbocycles. The SMILES string of the molecule is CCCN1CCN(C(=O)CCn2ccnc2)CC1=O. The van der Waals surface area contributed by atoms with E-state index < -0.39 is 0 Å². The maximum absolute atomic E-state index is 12.0. The molecule has 0 aromatic carbocycles. The van der Waals surface area contributed by atoms with Crippen molar-refractivity contribution in [3.05, 3.63) is 18.7 Å². The monoisotopic (exact) mass is 264 g/mol. The zero-order chi connectivity index (χ0) is 13.7. The number of nitrogens with zero attached hydrogens (tertiary/aromatic N) is 4. The lowest BCUT2D eigenvalue weighted by Gasteiger charge is -2.34. The predicted molar refractivity (Wildman–Crippen MR) is 70.3 cm³/mol. The molecule has 0 N–H and O–H groups in total. The zero-order valence-electron chi connectivity index (χ0n) is 11.3. The van der Waals surface area contributed by atoms with Crippen LogP contribution in [-0.4, -0.2) is 57.3 Å². The summed E-state index contributed by atoms with van der Waals surface area (Å²) >= 11 is 0. The van der Waals surface area contributed by atoms with Crippen molar-refractivity contribution in [2.24, 2.45) is 0 Å². The Morgan fingerprint density at radius 2 is 2.21 bits per heavy atom. The van der Waals surface area contributed by atoms with Gasteiger partial charge in [-0.1, -0.05) is 6.92 Å². The summed E-state index contributed by atoms with van der Waals surface area (Å²) < 4.78 is 1.87. The van der Waals surface area contributed by atoms with Crippen LogP contribution in [0.2, 0.25) is 0 Å². The minimum Gasteiger partial charge on any atom is -0.339 e. The number of carbonyl (C=O) groups is 2. The minimum absolute atomic E-state index is 0.0400. The molecule has 2 rings (SSSR count). The van der Waals surface area contributed by atoms with Gasteiger partial charge in [0, 0.05) is 45.0 Å². The predicted octanol–water partition coefficient (Wildman–Crippen LogP) is 0.354. The molecule has 0 radical (unpaired) electrons. The van der Waals surface area contributed by atoms with Gasteiger partial charge in [0.25, 0.3) is 0 Å². The molecule has 19 heavy (non-hydrogen) atoms. The maximum atomic E-state index is 12.0. The minimum atomic E-state index is 0.0400. The van der Waals surface area contributed by atoms with Crippen LogP contribution in [0.1, 0.15) is 19.8 Å². The van der Waals surface area contributed by atoms with Gasteiger partial charge in [-0.25, -0.2) is 4.98 Å². The number of carbonyl (C=O) groups excluding carboxylic acids is 2. The van der Waals surface area contributed by atoms with Gasteiger partial charge in [0.05, 0.1) is 12.9 Å². The van der Waals surface area contributed by atoms with E-state index in [1.807, 2.05) is 15.7 Å². The number of hydrogen-bond donors (Lipinski definition) is 0. The number of imidazole rings is 1. The second kappa shape index (κ2) is 6.36. The maximum Gasteiger partial charge on any atom is 0.242 e. The first kappa shape index (κ1) is 13.6. The van der Waals surface area contributed by atoms with E-state index in [2.05, 4.69) is 11.9 Å². The van der Waals surface area contributed by atoms with Crippen LogP contribution >= 0.6 is 0 Å². The molecule has 2 heterocycles. The molecule has 0 spiro atoms. The average Bonchev–Trinajstić information content (AvgIpc) is 2.91. The lowest BCUT2D eigenvalue weighted by molar-refractivity contribution is -0.145. The fraction of sp³-hybridized carbons (Fsp3) is 0.615. The van der Waals surface area contributed by atoms with Crippen molar-refractivity contribution < 1.29 is 9.59 Å². The lowest BCUT2D eigenvalue weighted by atomic mass is 10.2. The fourth-order valence-corrected chi connectivity index (χ4v) is 2.23. The third kappa shape index (κ3) is 3.56. The molecule has 1 aliphatic rings.